The summed E-state index contributed by atoms with van der Waals surface area (Å²) in [5.41, 5.74) is 3.29. The Kier molecular flexibility index (Phi) is 4.57. The summed E-state index contributed by atoms with van der Waals surface area (Å²) in [5.74, 6) is 1.61. The van der Waals surface area contributed by atoms with Gasteiger partial charge in [0.15, 0.2) is 10.6 Å². The first-order chi connectivity index (χ1) is 11.2. The Hall–Kier alpha value is -2.40. The summed E-state index contributed by atoms with van der Waals surface area (Å²) in [6.07, 6.45) is 0. The zero-order valence-electron chi connectivity index (χ0n) is 13.5. The molecule has 23 heavy (non-hydrogen) atoms. The zero-order valence-corrected chi connectivity index (χ0v) is 14.3. The van der Waals surface area contributed by atoms with Gasteiger partial charge in [-0.25, -0.2) is 9.98 Å². The third-order valence-corrected chi connectivity index (χ3v) is 4.45. The Bertz CT molecular complexity index is 862. The van der Waals surface area contributed by atoms with E-state index in [4.69, 9.17) is 9.73 Å². The molecule has 0 amide bonds. The summed E-state index contributed by atoms with van der Waals surface area (Å²) in [5, 5.41) is 2.14. The fourth-order valence-corrected chi connectivity index (χ4v) is 3.39. The Morgan fingerprint density at radius 2 is 1.96 bits per heavy atom. The van der Waals surface area contributed by atoms with Crippen molar-refractivity contribution in [3.05, 3.63) is 58.3 Å². The lowest BCUT2D eigenvalue weighted by molar-refractivity contribution is 0.415. The minimum atomic E-state index is 0.746. The van der Waals surface area contributed by atoms with Crippen LogP contribution in [0.2, 0.25) is 0 Å². The lowest BCUT2D eigenvalue weighted by Crippen LogP contribution is -2.14. The van der Waals surface area contributed by atoms with Gasteiger partial charge in [0.2, 0.25) is 0 Å². The van der Waals surface area contributed by atoms with Gasteiger partial charge >= 0.3 is 0 Å². The van der Waals surface area contributed by atoms with Gasteiger partial charge < -0.3 is 9.30 Å². The van der Waals surface area contributed by atoms with Crippen LogP contribution in [0.15, 0.2) is 52.8 Å². The predicted molar refractivity (Wildman–Crippen MR) is 94.2 cm³/mol. The largest absolute Gasteiger partial charge is 0.497 e. The molecule has 0 fully saturated rings. The second-order valence-electron chi connectivity index (χ2n) is 5.13. The molecule has 4 nitrogen and oxygen atoms in total. The van der Waals surface area contributed by atoms with Crippen molar-refractivity contribution in [1.82, 2.24) is 9.55 Å². The number of hydrogen-bond donors (Lipinski definition) is 0. The molecule has 0 saturated heterocycles. The molecule has 0 N–H and O–H groups in total. The third-order valence-electron chi connectivity index (χ3n) is 3.58. The monoisotopic (exact) mass is 325 g/mol. The van der Waals surface area contributed by atoms with Crippen LogP contribution < -0.4 is 9.54 Å². The molecular formula is C18H19N3OS. The second-order valence-corrected chi connectivity index (χ2v) is 5.96. The number of thiazole rings is 1. The average Bonchev–Trinajstić information content (AvgIpc) is 2.97. The number of benzene rings is 1. The molecule has 0 aliphatic heterocycles. The summed E-state index contributed by atoms with van der Waals surface area (Å²) in [7, 11) is 1.68. The number of pyridine rings is 1. The molecule has 0 saturated carbocycles. The van der Waals surface area contributed by atoms with Crippen molar-refractivity contribution in [2.75, 3.05) is 7.11 Å². The highest BCUT2D eigenvalue weighted by Crippen LogP contribution is 2.23. The Morgan fingerprint density at radius 1 is 1.17 bits per heavy atom. The summed E-state index contributed by atoms with van der Waals surface area (Å²) >= 11 is 1.63. The smallest absolute Gasteiger partial charge is 0.191 e. The highest BCUT2D eigenvalue weighted by molar-refractivity contribution is 7.07. The standard InChI is InChI=1S/C18H19N3OS/c1-4-21-16(14-8-10-15(22-3)11-9-14)12-23-18(21)20-17-7-5-6-13(2)19-17/h5-12H,4H2,1-3H3/b20-18+. The summed E-state index contributed by atoms with van der Waals surface area (Å²) in [6, 6.07) is 14.0. The maximum Gasteiger partial charge on any atom is 0.191 e. The number of hydrogen-bond acceptors (Lipinski definition) is 4. The van der Waals surface area contributed by atoms with Crippen molar-refractivity contribution in [2.24, 2.45) is 4.99 Å². The average molecular weight is 325 g/mol. The molecule has 5 heteroatoms. The van der Waals surface area contributed by atoms with Crippen LogP contribution in [0.25, 0.3) is 11.3 Å². The molecule has 0 unspecified atom stereocenters. The van der Waals surface area contributed by atoms with Crippen molar-refractivity contribution < 1.29 is 4.74 Å². The fourth-order valence-electron chi connectivity index (χ4n) is 2.41. The van der Waals surface area contributed by atoms with Gasteiger partial charge in [-0.3, -0.25) is 0 Å². The van der Waals surface area contributed by atoms with E-state index in [0.717, 1.165) is 39.9 Å². The van der Waals surface area contributed by atoms with Crippen molar-refractivity contribution in [3.63, 3.8) is 0 Å². The lowest BCUT2D eigenvalue weighted by atomic mass is 10.1. The van der Waals surface area contributed by atoms with E-state index in [1.165, 1.54) is 0 Å². The normalized spacial score (nSPS) is 11.7. The van der Waals surface area contributed by atoms with Crippen LogP contribution in [-0.4, -0.2) is 16.7 Å². The van der Waals surface area contributed by atoms with Gasteiger partial charge in [-0.2, -0.15) is 0 Å². The maximum absolute atomic E-state index is 5.23. The first kappa shape index (κ1) is 15.5. The molecule has 0 aliphatic carbocycles. The SMILES string of the molecule is CCn1c(-c2ccc(OC)cc2)cs/c1=N/c1cccc(C)n1. The molecule has 0 atom stereocenters. The molecule has 1 aromatic carbocycles. The summed E-state index contributed by atoms with van der Waals surface area (Å²) < 4.78 is 7.43. The van der Waals surface area contributed by atoms with E-state index < -0.39 is 0 Å². The highest BCUT2D eigenvalue weighted by atomic mass is 32.1. The molecule has 118 valence electrons. The number of aryl methyl sites for hydroxylation is 1. The molecule has 0 bridgehead atoms. The van der Waals surface area contributed by atoms with Crippen LogP contribution in [0.4, 0.5) is 5.82 Å². The number of aromatic nitrogens is 2. The van der Waals surface area contributed by atoms with Gasteiger partial charge in [-0.15, -0.1) is 11.3 Å². The minimum Gasteiger partial charge on any atom is -0.497 e. The number of ether oxygens (including phenoxy) is 1. The van der Waals surface area contributed by atoms with Gasteiger partial charge in [0, 0.05) is 17.6 Å². The van der Waals surface area contributed by atoms with E-state index in [-0.39, 0.29) is 0 Å². The van der Waals surface area contributed by atoms with E-state index in [2.05, 4.69) is 34.0 Å². The van der Waals surface area contributed by atoms with Crippen molar-refractivity contribution in [2.45, 2.75) is 20.4 Å². The van der Waals surface area contributed by atoms with Crippen molar-refractivity contribution in [1.29, 1.82) is 0 Å². The molecule has 2 heterocycles. The van der Waals surface area contributed by atoms with Gasteiger partial charge in [-0.05, 0) is 55.8 Å². The molecule has 0 aliphatic rings. The number of nitrogens with zero attached hydrogens (tertiary/aromatic N) is 3. The molecule has 3 aromatic rings. The highest BCUT2D eigenvalue weighted by Gasteiger charge is 2.07. The zero-order chi connectivity index (χ0) is 16.2. The first-order valence-electron chi connectivity index (χ1n) is 7.52. The number of methoxy groups -OCH3 is 1. The fraction of sp³-hybridized carbons (Fsp3) is 0.222. The Balaban J connectivity index is 2.05. The molecular weight excluding hydrogens is 306 g/mol. The summed E-state index contributed by atoms with van der Waals surface area (Å²) in [4.78, 5) is 10.1. The molecule has 3 rings (SSSR count). The Morgan fingerprint density at radius 3 is 2.61 bits per heavy atom. The Labute approximate surface area is 139 Å². The quantitative estimate of drug-likeness (QED) is 0.722. The van der Waals surface area contributed by atoms with Crippen LogP contribution >= 0.6 is 11.3 Å². The van der Waals surface area contributed by atoms with E-state index >= 15 is 0 Å². The predicted octanol–water partition coefficient (Wildman–Crippen LogP) is 4.18. The summed E-state index contributed by atoms with van der Waals surface area (Å²) in [6.45, 7) is 4.96. The van der Waals surface area contributed by atoms with E-state index in [1.807, 2.05) is 37.3 Å². The first-order valence-corrected chi connectivity index (χ1v) is 8.40. The van der Waals surface area contributed by atoms with Crippen molar-refractivity contribution in [3.8, 4) is 17.0 Å². The maximum atomic E-state index is 5.23. The van der Waals surface area contributed by atoms with Crippen LogP contribution in [0.3, 0.4) is 0 Å². The van der Waals surface area contributed by atoms with E-state index in [1.54, 1.807) is 18.4 Å². The van der Waals surface area contributed by atoms with Crippen LogP contribution in [-0.2, 0) is 6.54 Å². The van der Waals surface area contributed by atoms with Gasteiger partial charge in [-0.1, -0.05) is 6.07 Å². The van der Waals surface area contributed by atoms with Gasteiger partial charge in [0.05, 0.1) is 12.8 Å². The third kappa shape index (κ3) is 3.35. The molecule has 0 spiro atoms. The molecule has 0 radical (unpaired) electrons. The van der Waals surface area contributed by atoms with Crippen LogP contribution in [0.5, 0.6) is 5.75 Å². The number of rotatable bonds is 4. The second kappa shape index (κ2) is 6.79. The van der Waals surface area contributed by atoms with Crippen LogP contribution in [0.1, 0.15) is 12.6 Å². The van der Waals surface area contributed by atoms with Gasteiger partial charge in [0.25, 0.3) is 0 Å². The van der Waals surface area contributed by atoms with E-state index in [9.17, 15) is 0 Å². The molecule has 2 aromatic heterocycles. The van der Waals surface area contributed by atoms with Gasteiger partial charge in [0.1, 0.15) is 5.75 Å². The van der Waals surface area contributed by atoms with Crippen molar-refractivity contribution >= 4 is 17.2 Å². The van der Waals surface area contributed by atoms with Crippen LogP contribution in [0, 0.1) is 6.92 Å². The van der Waals surface area contributed by atoms with E-state index in [0.29, 0.717) is 0 Å². The topological polar surface area (TPSA) is 39.4 Å². The minimum absolute atomic E-state index is 0.746. The lowest BCUT2D eigenvalue weighted by Gasteiger charge is -2.07.